The molecule has 56 heavy (non-hydrogen) atoms. The quantitative estimate of drug-likeness (QED) is 0.169. The Hall–Kier alpha value is -7.14. The minimum absolute atomic E-state index is 0.723. The zero-order chi connectivity index (χ0) is 36.7. The Morgan fingerprint density at radius 2 is 1.05 bits per heavy atom. The first-order chi connectivity index (χ1) is 27.8. The number of thiophene rings is 1. The molecule has 12 rings (SSSR count). The summed E-state index contributed by atoms with van der Waals surface area (Å²) in [5.74, 6) is 0.723. The van der Waals surface area contributed by atoms with Crippen molar-refractivity contribution in [2.75, 3.05) is 0 Å². The molecule has 4 aromatic heterocycles. The molecule has 0 aliphatic heterocycles. The van der Waals surface area contributed by atoms with Gasteiger partial charge in [0.1, 0.15) is 4.83 Å². The second-order valence-electron chi connectivity index (χ2n) is 14.5. The van der Waals surface area contributed by atoms with Gasteiger partial charge in [-0.25, -0.2) is 9.97 Å². The number of rotatable bonds is 4. The summed E-state index contributed by atoms with van der Waals surface area (Å²) in [6.07, 6.45) is 0. The van der Waals surface area contributed by atoms with Gasteiger partial charge in [-0.2, -0.15) is 0 Å². The van der Waals surface area contributed by atoms with Crippen LogP contribution in [-0.4, -0.2) is 14.4 Å². The highest BCUT2D eigenvalue weighted by molar-refractivity contribution is 7.25. The number of nitrogens with zero attached hydrogens (tertiary/aromatic N) is 3. The predicted molar refractivity (Wildman–Crippen MR) is 238 cm³/mol. The summed E-state index contributed by atoms with van der Waals surface area (Å²) >= 11 is 1.88. The fourth-order valence-electron chi connectivity index (χ4n) is 8.81. The molecular formula is C52H31N3S. The van der Waals surface area contributed by atoms with Gasteiger partial charge in [0.25, 0.3) is 0 Å². The number of fused-ring (bicyclic) bond motifs is 13. The van der Waals surface area contributed by atoms with Crippen LogP contribution in [0.5, 0.6) is 0 Å². The number of para-hydroxylation sites is 1. The summed E-state index contributed by atoms with van der Waals surface area (Å²) in [5, 5.41) is 9.74. The molecule has 12 aromatic rings. The lowest BCUT2D eigenvalue weighted by Gasteiger charge is -2.13. The Balaban J connectivity index is 1.07. The maximum Gasteiger partial charge on any atom is 0.160 e. The Bertz CT molecular complexity index is 3510. The van der Waals surface area contributed by atoms with Gasteiger partial charge in [-0.3, -0.25) is 4.40 Å². The average Bonchev–Trinajstić information content (AvgIpc) is 3.83. The van der Waals surface area contributed by atoms with E-state index in [1.54, 1.807) is 0 Å². The molecule has 0 aliphatic carbocycles. The van der Waals surface area contributed by atoms with Crippen LogP contribution in [0.15, 0.2) is 188 Å². The van der Waals surface area contributed by atoms with Crippen molar-refractivity contribution in [2.24, 2.45) is 0 Å². The fraction of sp³-hybridized carbons (Fsp3) is 0. The predicted octanol–water partition coefficient (Wildman–Crippen LogP) is 14.4. The third-order valence-corrected chi connectivity index (χ3v) is 12.5. The molecule has 0 radical (unpaired) electrons. The van der Waals surface area contributed by atoms with Crippen molar-refractivity contribution >= 4 is 80.5 Å². The molecule has 260 valence electrons. The van der Waals surface area contributed by atoms with Crippen LogP contribution in [0.1, 0.15) is 0 Å². The van der Waals surface area contributed by atoms with Gasteiger partial charge in [0.05, 0.1) is 22.2 Å². The van der Waals surface area contributed by atoms with Crippen molar-refractivity contribution in [2.45, 2.75) is 0 Å². The van der Waals surface area contributed by atoms with Crippen LogP contribution in [0, 0.1) is 0 Å². The van der Waals surface area contributed by atoms with E-state index in [-0.39, 0.29) is 0 Å². The molecule has 0 amide bonds. The molecule has 4 heteroatoms. The molecule has 0 atom stereocenters. The number of benzene rings is 8. The van der Waals surface area contributed by atoms with Crippen LogP contribution in [-0.2, 0) is 0 Å². The summed E-state index contributed by atoms with van der Waals surface area (Å²) in [4.78, 5) is 11.7. The fourth-order valence-corrected chi connectivity index (χ4v) is 10.0. The second-order valence-corrected chi connectivity index (χ2v) is 15.5. The normalized spacial score (nSPS) is 11.9. The highest BCUT2D eigenvalue weighted by Crippen LogP contribution is 2.47. The summed E-state index contributed by atoms with van der Waals surface area (Å²) in [6.45, 7) is 0. The van der Waals surface area contributed by atoms with Gasteiger partial charge in [-0.05, 0) is 51.7 Å². The Kier molecular flexibility index (Phi) is 6.80. The minimum atomic E-state index is 0.723. The number of hydrogen-bond donors (Lipinski definition) is 0. The highest BCUT2D eigenvalue weighted by atomic mass is 32.1. The van der Waals surface area contributed by atoms with E-state index < -0.39 is 0 Å². The van der Waals surface area contributed by atoms with E-state index >= 15 is 0 Å². The summed E-state index contributed by atoms with van der Waals surface area (Å²) in [5.41, 5.74) is 11.3. The molecule has 0 fully saturated rings. The average molecular weight is 730 g/mol. The molecule has 0 saturated carbocycles. The maximum absolute atomic E-state index is 5.23. The molecule has 0 saturated heterocycles. The van der Waals surface area contributed by atoms with E-state index in [2.05, 4.69) is 186 Å². The van der Waals surface area contributed by atoms with Gasteiger partial charge < -0.3 is 0 Å². The van der Waals surface area contributed by atoms with Gasteiger partial charge in [-0.1, -0.05) is 164 Å². The Labute approximate surface area is 326 Å². The van der Waals surface area contributed by atoms with E-state index in [0.29, 0.717) is 0 Å². The molecule has 8 aromatic carbocycles. The van der Waals surface area contributed by atoms with E-state index in [1.807, 2.05) is 17.4 Å². The van der Waals surface area contributed by atoms with Crippen LogP contribution in [0.4, 0.5) is 0 Å². The van der Waals surface area contributed by atoms with Crippen molar-refractivity contribution in [1.82, 2.24) is 14.4 Å². The van der Waals surface area contributed by atoms with Crippen LogP contribution < -0.4 is 0 Å². The minimum Gasteiger partial charge on any atom is -0.299 e. The summed E-state index contributed by atoms with van der Waals surface area (Å²) in [6, 6.07) is 67.6. The van der Waals surface area contributed by atoms with Crippen molar-refractivity contribution in [1.29, 1.82) is 0 Å². The molecule has 3 nitrogen and oxygen atoms in total. The first-order valence-electron chi connectivity index (χ1n) is 19.0. The number of hydrogen-bond acceptors (Lipinski definition) is 3. The SMILES string of the molecule is c1ccc(-c2nc(-c3ccc(-c4ccc5c(c4)c4c6ccccc6sc4n4c6ccccc6c(-c6ccccc6)c54)cc3)nc3c2ccc2ccccc23)cc1. The van der Waals surface area contributed by atoms with Crippen LogP contribution in [0.2, 0.25) is 0 Å². The lowest BCUT2D eigenvalue weighted by molar-refractivity contribution is 1.23. The standard InChI is InChI=1S/C52H31N3S/c1-3-14-34(15-4-1)46-40-19-9-11-21-44(40)55-50(46)39-29-28-37(31-43(39)47-41-20-10-12-22-45(41)56-52(47)55)32-23-25-36(26-24-32)51-53-48(35-16-5-2-6-17-35)42-30-27-33-13-7-8-18-38(33)49(42)54-51/h1-31H. The topological polar surface area (TPSA) is 30.2 Å². The molecule has 4 heterocycles. The number of pyridine rings is 1. The highest BCUT2D eigenvalue weighted by Gasteiger charge is 2.22. The zero-order valence-electron chi connectivity index (χ0n) is 30.1. The third kappa shape index (κ3) is 4.63. The first kappa shape index (κ1) is 31.2. The van der Waals surface area contributed by atoms with Gasteiger partial charge >= 0.3 is 0 Å². The van der Waals surface area contributed by atoms with E-state index in [0.717, 1.165) is 44.5 Å². The molecule has 0 spiro atoms. The molecule has 0 N–H and O–H groups in total. The van der Waals surface area contributed by atoms with Crippen LogP contribution in [0.25, 0.3) is 114 Å². The maximum atomic E-state index is 5.23. The van der Waals surface area contributed by atoms with Gasteiger partial charge in [0.2, 0.25) is 0 Å². The summed E-state index contributed by atoms with van der Waals surface area (Å²) in [7, 11) is 0. The van der Waals surface area contributed by atoms with E-state index in [9.17, 15) is 0 Å². The Morgan fingerprint density at radius 3 is 1.88 bits per heavy atom. The zero-order valence-corrected chi connectivity index (χ0v) is 31.0. The molecule has 0 aliphatic rings. The van der Waals surface area contributed by atoms with E-state index in [4.69, 9.17) is 9.97 Å². The lowest BCUT2D eigenvalue weighted by atomic mass is 9.95. The van der Waals surface area contributed by atoms with Crippen LogP contribution in [0.3, 0.4) is 0 Å². The Morgan fingerprint density at radius 1 is 0.411 bits per heavy atom. The lowest BCUT2D eigenvalue weighted by Crippen LogP contribution is -1.96. The van der Waals surface area contributed by atoms with Crippen molar-refractivity contribution < 1.29 is 0 Å². The van der Waals surface area contributed by atoms with Gasteiger partial charge in [0, 0.05) is 53.7 Å². The van der Waals surface area contributed by atoms with Gasteiger partial charge in [-0.15, -0.1) is 11.3 Å². The van der Waals surface area contributed by atoms with Crippen molar-refractivity contribution in [3.63, 3.8) is 0 Å². The smallest absolute Gasteiger partial charge is 0.160 e. The second kappa shape index (κ2) is 12.2. The monoisotopic (exact) mass is 729 g/mol. The van der Waals surface area contributed by atoms with Crippen molar-refractivity contribution in [3.05, 3.63) is 188 Å². The molecule has 0 unspecified atom stereocenters. The van der Waals surface area contributed by atoms with Crippen LogP contribution >= 0.6 is 11.3 Å². The van der Waals surface area contributed by atoms with E-state index in [1.165, 1.54) is 69.6 Å². The largest absolute Gasteiger partial charge is 0.299 e. The first-order valence-corrected chi connectivity index (χ1v) is 19.8. The van der Waals surface area contributed by atoms with Gasteiger partial charge in [0.15, 0.2) is 5.82 Å². The summed E-state index contributed by atoms with van der Waals surface area (Å²) < 4.78 is 3.81. The third-order valence-electron chi connectivity index (χ3n) is 11.4. The van der Waals surface area contributed by atoms with Crippen molar-refractivity contribution in [3.8, 4) is 44.9 Å². The molecule has 0 bridgehead atoms. The number of aromatic nitrogens is 3. The molecular weight excluding hydrogens is 699 g/mol.